The average Bonchev–Trinajstić information content (AvgIpc) is 3.11. The molecule has 0 fully saturated rings. The second-order valence-electron chi connectivity index (χ2n) is 7.21. The molecule has 8 heteroatoms. The fourth-order valence-corrected chi connectivity index (χ4v) is 3.70. The zero-order valence-corrected chi connectivity index (χ0v) is 18.1. The van der Waals surface area contributed by atoms with Gasteiger partial charge in [0.1, 0.15) is 17.0 Å². The minimum absolute atomic E-state index is 0.357. The fourth-order valence-electron chi connectivity index (χ4n) is 3.70. The summed E-state index contributed by atoms with van der Waals surface area (Å²) in [5.74, 6) is 0.746. The molecular formula is C23H25FN6O. The number of ether oxygens (including phenoxy) is 1. The van der Waals surface area contributed by atoms with E-state index in [2.05, 4.69) is 20.1 Å². The molecule has 3 aromatic heterocycles. The summed E-state index contributed by atoms with van der Waals surface area (Å²) in [5, 5.41) is 14.4. The predicted octanol–water partition coefficient (Wildman–Crippen LogP) is 4.39. The topological polar surface area (TPSA) is 69.0 Å². The Labute approximate surface area is 180 Å². The lowest BCUT2D eigenvalue weighted by atomic mass is 10.2. The molecule has 0 unspecified atom stereocenters. The van der Waals surface area contributed by atoms with Crippen LogP contribution in [0, 0.1) is 19.7 Å². The molecule has 0 aliphatic carbocycles. The van der Waals surface area contributed by atoms with Gasteiger partial charge < -0.3 is 9.64 Å². The number of nitrogens with zero attached hydrogens (tertiary/aromatic N) is 6. The Balaban J connectivity index is 1.82. The quantitative estimate of drug-likeness (QED) is 0.442. The highest BCUT2D eigenvalue weighted by Gasteiger charge is 2.21. The number of halogens is 1. The molecule has 0 spiro atoms. The summed E-state index contributed by atoms with van der Waals surface area (Å²) in [7, 11) is 0. The molecule has 0 bridgehead atoms. The lowest BCUT2D eigenvalue weighted by Gasteiger charge is -2.21. The molecule has 4 rings (SSSR count). The molecule has 4 aromatic rings. The molecule has 31 heavy (non-hydrogen) atoms. The summed E-state index contributed by atoms with van der Waals surface area (Å²) in [5.41, 5.74) is 3.53. The molecule has 0 aliphatic heterocycles. The molecule has 0 N–H and O–H groups in total. The van der Waals surface area contributed by atoms with Gasteiger partial charge in [0.05, 0.1) is 35.6 Å². The molecule has 0 saturated heterocycles. The van der Waals surface area contributed by atoms with Crippen molar-refractivity contribution in [3.63, 3.8) is 0 Å². The first-order chi connectivity index (χ1) is 15.0. The van der Waals surface area contributed by atoms with E-state index in [9.17, 15) is 4.39 Å². The molecule has 160 valence electrons. The molecular weight excluding hydrogens is 395 g/mol. The molecule has 1 aromatic carbocycles. The first-order valence-corrected chi connectivity index (χ1v) is 10.3. The maximum Gasteiger partial charge on any atom is 0.180 e. The standard InChI is InChI=1S/C23H25FN6O/c1-5-29(14-17-9-7-8-12-25-17)23-22-21(15(3)26-27-23)16(4)30(28-22)20-11-10-18(31-6-2)13-19(20)24/h7-13H,5-6,14H2,1-4H3. The third-order valence-electron chi connectivity index (χ3n) is 5.20. The Morgan fingerprint density at radius 1 is 1.10 bits per heavy atom. The number of anilines is 1. The Morgan fingerprint density at radius 2 is 1.94 bits per heavy atom. The van der Waals surface area contributed by atoms with Gasteiger partial charge >= 0.3 is 0 Å². The minimum Gasteiger partial charge on any atom is -0.494 e. The summed E-state index contributed by atoms with van der Waals surface area (Å²) < 4.78 is 21.9. The fraction of sp³-hybridized carbons (Fsp3) is 0.304. The largest absolute Gasteiger partial charge is 0.494 e. The second kappa shape index (κ2) is 8.67. The number of aromatic nitrogens is 5. The summed E-state index contributed by atoms with van der Waals surface area (Å²) in [6, 6.07) is 10.6. The number of aryl methyl sites for hydroxylation is 2. The van der Waals surface area contributed by atoms with Crippen LogP contribution >= 0.6 is 0 Å². The smallest absolute Gasteiger partial charge is 0.180 e. The summed E-state index contributed by atoms with van der Waals surface area (Å²) in [4.78, 5) is 6.49. The van der Waals surface area contributed by atoms with E-state index in [0.29, 0.717) is 42.5 Å². The second-order valence-corrected chi connectivity index (χ2v) is 7.21. The molecule has 0 saturated carbocycles. The van der Waals surface area contributed by atoms with E-state index in [1.165, 1.54) is 6.07 Å². The third kappa shape index (κ3) is 3.93. The number of fused-ring (bicyclic) bond motifs is 1. The number of benzene rings is 1. The Hall–Kier alpha value is -3.55. The molecule has 7 nitrogen and oxygen atoms in total. The SMILES string of the molecule is CCOc1ccc(-n2nc3c(N(CC)Cc4ccccn4)nnc(C)c3c2C)c(F)c1. The van der Waals surface area contributed by atoms with Crippen LogP contribution < -0.4 is 9.64 Å². The maximum atomic E-state index is 14.9. The van der Waals surface area contributed by atoms with Crippen molar-refractivity contribution in [2.75, 3.05) is 18.1 Å². The van der Waals surface area contributed by atoms with Crippen molar-refractivity contribution in [1.29, 1.82) is 0 Å². The van der Waals surface area contributed by atoms with Crippen LogP contribution in [0.5, 0.6) is 5.75 Å². The first kappa shape index (κ1) is 20.7. The first-order valence-electron chi connectivity index (χ1n) is 10.3. The number of hydrogen-bond donors (Lipinski definition) is 0. The zero-order chi connectivity index (χ0) is 22.0. The lowest BCUT2D eigenvalue weighted by Crippen LogP contribution is -2.24. The van der Waals surface area contributed by atoms with Crippen molar-refractivity contribution in [2.45, 2.75) is 34.2 Å². The summed E-state index contributed by atoms with van der Waals surface area (Å²) in [6.45, 7) is 9.48. The van der Waals surface area contributed by atoms with Gasteiger partial charge in [0, 0.05) is 18.8 Å². The molecule has 0 amide bonds. The van der Waals surface area contributed by atoms with Crippen LogP contribution in [-0.2, 0) is 6.54 Å². The van der Waals surface area contributed by atoms with Gasteiger partial charge in [0.15, 0.2) is 11.6 Å². The van der Waals surface area contributed by atoms with Crippen molar-refractivity contribution >= 4 is 16.7 Å². The summed E-state index contributed by atoms with van der Waals surface area (Å²) >= 11 is 0. The van der Waals surface area contributed by atoms with Crippen molar-refractivity contribution in [2.24, 2.45) is 0 Å². The number of hydrogen-bond acceptors (Lipinski definition) is 6. The van der Waals surface area contributed by atoms with Crippen LogP contribution in [0.25, 0.3) is 16.6 Å². The molecule has 3 heterocycles. The van der Waals surface area contributed by atoms with E-state index in [4.69, 9.17) is 9.84 Å². The minimum atomic E-state index is -0.400. The van der Waals surface area contributed by atoms with Gasteiger partial charge in [-0.25, -0.2) is 9.07 Å². The Morgan fingerprint density at radius 3 is 2.61 bits per heavy atom. The van der Waals surface area contributed by atoms with Gasteiger partial charge in [0.25, 0.3) is 0 Å². The van der Waals surface area contributed by atoms with Crippen molar-refractivity contribution in [3.8, 4) is 11.4 Å². The van der Waals surface area contributed by atoms with Crippen molar-refractivity contribution in [3.05, 3.63) is 65.5 Å². The molecule has 0 aliphatic rings. The van der Waals surface area contributed by atoms with Crippen molar-refractivity contribution in [1.82, 2.24) is 25.0 Å². The van der Waals surface area contributed by atoms with Gasteiger partial charge in [-0.3, -0.25) is 4.98 Å². The van der Waals surface area contributed by atoms with Crippen LogP contribution in [0.4, 0.5) is 10.2 Å². The molecule has 0 atom stereocenters. The van der Waals surface area contributed by atoms with Crippen LogP contribution in [0.2, 0.25) is 0 Å². The Kier molecular flexibility index (Phi) is 5.79. The number of rotatable bonds is 7. The highest BCUT2D eigenvalue weighted by atomic mass is 19.1. The van der Waals surface area contributed by atoms with Crippen LogP contribution in [0.3, 0.4) is 0 Å². The highest BCUT2D eigenvalue weighted by Crippen LogP contribution is 2.31. The predicted molar refractivity (Wildman–Crippen MR) is 118 cm³/mol. The van der Waals surface area contributed by atoms with Gasteiger partial charge in [-0.1, -0.05) is 6.07 Å². The van der Waals surface area contributed by atoms with Crippen LogP contribution in [-0.4, -0.2) is 38.1 Å². The van der Waals surface area contributed by atoms with Gasteiger partial charge in [0.2, 0.25) is 0 Å². The average molecular weight is 420 g/mol. The van der Waals surface area contributed by atoms with E-state index < -0.39 is 5.82 Å². The highest BCUT2D eigenvalue weighted by molar-refractivity contribution is 5.92. The van der Waals surface area contributed by atoms with Crippen LogP contribution in [0.1, 0.15) is 30.9 Å². The van der Waals surface area contributed by atoms with E-state index in [1.54, 1.807) is 23.0 Å². The van der Waals surface area contributed by atoms with Crippen LogP contribution in [0.15, 0.2) is 42.6 Å². The van der Waals surface area contributed by atoms with Crippen molar-refractivity contribution < 1.29 is 9.13 Å². The number of pyridine rings is 1. The van der Waals surface area contributed by atoms with E-state index >= 15 is 0 Å². The zero-order valence-electron chi connectivity index (χ0n) is 18.1. The monoisotopic (exact) mass is 420 g/mol. The van der Waals surface area contributed by atoms with E-state index in [1.807, 2.05) is 45.9 Å². The normalized spacial score (nSPS) is 11.1. The van der Waals surface area contributed by atoms with Gasteiger partial charge in [-0.2, -0.15) is 10.2 Å². The lowest BCUT2D eigenvalue weighted by molar-refractivity contribution is 0.338. The van der Waals surface area contributed by atoms with E-state index in [0.717, 1.165) is 22.5 Å². The van der Waals surface area contributed by atoms with Gasteiger partial charge in [-0.15, -0.1) is 5.10 Å². The summed E-state index contributed by atoms with van der Waals surface area (Å²) in [6.07, 6.45) is 1.77. The third-order valence-corrected chi connectivity index (χ3v) is 5.20. The Bertz CT molecular complexity index is 1210. The van der Waals surface area contributed by atoms with Gasteiger partial charge in [-0.05, 0) is 52.0 Å². The molecule has 0 radical (unpaired) electrons. The van der Waals surface area contributed by atoms with E-state index in [-0.39, 0.29) is 0 Å². The maximum absolute atomic E-state index is 14.9.